The summed E-state index contributed by atoms with van der Waals surface area (Å²) < 4.78 is 25.4. The van der Waals surface area contributed by atoms with Gasteiger partial charge in [0.2, 0.25) is 0 Å². The van der Waals surface area contributed by atoms with Crippen molar-refractivity contribution in [3.05, 3.63) is 70.3 Å². The van der Waals surface area contributed by atoms with Gasteiger partial charge in [0.1, 0.15) is 5.82 Å². The van der Waals surface area contributed by atoms with Gasteiger partial charge in [-0.15, -0.1) is 0 Å². The summed E-state index contributed by atoms with van der Waals surface area (Å²) in [5.74, 6) is -0.0868. The first kappa shape index (κ1) is 20.7. The number of benzene rings is 2. The number of H-pyrrole nitrogens is 1. The van der Waals surface area contributed by atoms with E-state index in [1.165, 1.54) is 17.0 Å². The van der Waals surface area contributed by atoms with E-state index in [9.17, 15) is 18.0 Å². The van der Waals surface area contributed by atoms with E-state index in [0.717, 1.165) is 0 Å². The first-order valence-corrected chi connectivity index (χ1v) is 10.9. The predicted octanol–water partition coefficient (Wildman–Crippen LogP) is 2.77. The van der Waals surface area contributed by atoms with E-state index in [2.05, 4.69) is 9.97 Å². The van der Waals surface area contributed by atoms with Crippen molar-refractivity contribution in [2.75, 3.05) is 6.54 Å². The minimum atomic E-state index is -3.62. The number of nitrogens with zero attached hydrogens (tertiary/aromatic N) is 2. The van der Waals surface area contributed by atoms with Crippen LogP contribution in [0, 0.1) is 0 Å². The predicted molar refractivity (Wildman–Crippen MR) is 112 cm³/mol. The lowest BCUT2D eigenvalue weighted by atomic mass is 10.2. The Morgan fingerprint density at radius 1 is 1.10 bits per heavy atom. The van der Waals surface area contributed by atoms with Gasteiger partial charge in [-0.2, -0.15) is 0 Å². The average molecular weight is 413 g/mol. The number of carbonyl (C=O) groups is 1. The summed E-state index contributed by atoms with van der Waals surface area (Å²) in [5.41, 5.74) is 0.376. The number of rotatable bonds is 6. The highest BCUT2D eigenvalue weighted by molar-refractivity contribution is 7.92. The standard InChI is InChI=1S/C21H23N3O4S/c1-4-24(13-19-22-17-11-7-5-9-15(17)20(25)23-19)21(26)16-10-6-8-12-18(16)29(27,28)14(2)3/h5-12,14H,4,13H2,1-3H3,(H,22,23,25). The molecule has 0 spiro atoms. The van der Waals surface area contributed by atoms with Crippen molar-refractivity contribution in [3.8, 4) is 0 Å². The van der Waals surface area contributed by atoms with E-state index in [1.807, 2.05) is 0 Å². The highest BCUT2D eigenvalue weighted by Gasteiger charge is 2.27. The van der Waals surface area contributed by atoms with Gasteiger partial charge < -0.3 is 9.88 Å². The fraction of sp³-hybridized carbons (Fsp3) is 0.286. The molecule has 29 heavy (non-hydrogen) atoms. The van der Waals surface area contributed by atoms with E-state index in [4.69, 9.17) is 0 Å². The lowest BCUT2D eigenvalue weighted by Gasteiger charge is -2.22. The fourth-order valence-electron chi connectivity index (χ4n) is 3.03. The molecule has 0 aliphatic heterocycles. The molecule has 1 aromatic heterocycles. The Kier molecular flexibility index (Phi) is 5.83. The highest BCUT2D eigenvalue weighted by atomic mass is 32.2. The van der Waals surface area contributed by atoms with Crippen molar-refractivity contribution in [1.82, 2.24) is 14.9 Å². The van der Waals surface area contributed by atoms with Gasteiger partial charge in [-0.1, -0.05) is 24.3 Å². The molecule has 0 aliphatic rings. The molecular formula is C21H23N3O4S. The second kappa shape index (κ2) is 8.16. The molecule has 0 fully saturated rings. The molecule has 0 unspecified atom stereocenters. The van der Waals surface area contributed by atoms with Gasteiger partial charge in [-0.25, -0.2) is 13.4 Å². The van der Waals surface area contributed by atoms with Crippen molar-refractivity contribution < 1.29 is 13.2 Å². The van der Waals surface area contributed by atoms with Crippen LogP contribution >= 0.6 is 0 Å². The van der Waals surface area contributed by atoms with Crippen LogP contribution in [0.5, 0.6) is 0 Å². The first-order valence-electron chi connectivity index (χ1n) is 9.35. The summed E-state index contributed by atoms with van der Waals surface area (Å²) in [6.45, 7) is 5.34. The van der Waals surface area contributed by atoms with E-state index in [1.54, 1.807) is 57.2 Å². The fourth-order valence-corrected chi connectivity index (χ4v) is 4.27. The number of hydrogen-bond donors (Lipinski definition) is 1. The molecule has 0 saturated carbocycles. The van der Waals surface area contributed by atoms with Crippen LogP contribution in [0.4, 0.5) is 0 Å². The molecule has 1 N–H and O–H groups in total. The van der Waals surface area contributed by atoms with E-state index >= 15 is 0 Å². The Hall–Kier alpha value is -3.00. The highest BCUT2D eigenvalue weighted by Crippen LogP contribution is 2.22. The monoisotopic (exact) mass is 413 g/mol. The lowest BCUT2D eigenvalue weighted by molar-refractivity contribution is 0.0744. The van der Waals surface area contributed by atoms with Crippen molar-refractivity contribution in [2.45, 2.75) is 37.5 Å². The van der Waals surface area contributed by atoms with Gasteiger partial charge in [-0.05, 0) is 45.0 Å². The van der Waals surface area contributed by atoms with Crippen LogP contribution in [0.25, 0.3) is 10.9 Å². The van der Waals surface area contributed by atoms with Crippen molar-refractivity contribution in [3.63, 3.8) is 0 Å². The maximum atomic E-state index is 13.2. The number of amides is 1. The Morgan fingerprint density at radius 2 is 1.76 bits per heavy atom. The van der Waals surface area contributed by atoms with Crippen molar-refractivity contribution in [1.29, 1.82) is 0 Å². The number of aromatic amines is 1. The summed E-state index contributed by atoms with van der Waals surface area (Å²) >= 11 is 0. The zero-order valence-electron chi connectivity index (χ0n) is 16.5. The van der Waals surface area contributed by atoms with Gasteiger partial charge in [0.15, 0.2) is 9.84 Å². The summed E-state index contributed by atoms with van der Waals surface area (Å²) in [7, 11) is -3.62. The SMILES string of the molecule is CCN(Cc1nc2ccccc2c(=O)[nH]1)C(=O)c1ccccc1S(=O)(=O)C(C)C. The minimum absolute atomic E-state index is 0.0124. The molecule has 2 aromatic carbocycles. The molecule has 3 rings (SSSR count). The Labute approximate surface area is 169 Å². The van der Waals surface area contributed by atoms with Gasteiger partial charge >= 0.3 is 0 Å². The lowest BCUT2D eigenvalue weighted by Crippen LogP contribution is -2.33. The third-order valence-electron chi connectivity index (χ3n) is 4.72. The zero-order chi connectivity index (χ0) is 21.2. The number of hydrogen-bond acceptors (Lipinski definition) is 5. The van der Waals surface area contributed by atoms with E-state index in [-0.39, 0.29) is 22.6 Å². The summed E-state index contributed by atoms with van der Waals surface area (Å²) in [6, 6.07) is 13.2. The quantitative estimate of drug-likeness (QED) is 0.670. The third kappa shape index (κ3) is 4.07. The topological polar surface area (TPSA) is 100 Å². The molecule has 1 heterocycles. The number of aromatic nitrogens is 2. The number of sulfone groups is 1. The molecule has 152 valence electrons. The van der Waals surface area contributed by atoms with E-state index < -0.39 is 21.0 Å². The average Bonchev–Trinajstić information content (AvgIpc) is 2.71. The van der Waals surface area contributed by atoms with Crippen LogP contribution < -0.4 is 5.56 Å². The number of fused-ring (bicyclic) bond motifs is 1. The maximum Gasteiger partial charge on any atom is 0.258 e. The molecular weight excluding hydrogens is 390 g/mol. The Balaban J connectivity index is 1.98. The van der Waals surface area contributed by atoms with Gasteiger partial charge in [-0.3, -0.25) is 9.59 Å². The maximum absolute atomic E-state index is 13.2. The molecule has 0 radical (unpaired) electrons. The summed E-state index contributed by atoms with van der Waals surface area (Å²) in [5, 5.41) is -0.177. The second-order valence-electron chi connectivity index (χ2n) is 6.94. The Bertz CT molecular complexity index is 1220. The summed E-state index contributed by atoms with van der Waals surface area (Å²) in [6.07, 6.45) is 0. The third-order valence-corrected chi connectivity index (χ3v) is 6.93. The van der Waals surface area contributed by atoms with Crippen LogP contribution in [-0.2, 0) is 16.4 Å². The van der Waals surface area contributed by atoms with Crippen LogP contribution in [0.3, 0.4) is 0 Å². The Morgan fingerprint density at radius 3 is 2.45 bits per heavy atom. The van der Waals surface area contributed by atoms with E-state index in [0.29, 0.717) is 23.3 Å². The molecule has 1 amide bonds. The number of para-hydroxylation sites is 1. The molecule has 0 aliphatic carbocycles. The molecule has 8 heteroatoms. The number of nitrogens with one attached hydrogen (secondary N) is 1. The van der Waals surface area contributed by atoms with Gasteiger partial charge in [0.25, 0.3) is 11.5 Å². The molecule has 7 nitrogen and oxygen atoms in total. The van der Waals surface area contributed by atoms with Crippen molar-refractivity contribution in [2.24, 2.45) is 0 Å². The van der Waals surface area contributed by atoms with Gasteiger partial charge in [0.05, 0.1) is 33.2 Å². The van der Waals surface area contributed by atoms with Crippen LogP contribution in [0.15, 0.2) is 58.2 Å². The molecule has 0 atom stereocenters. The number of carbonyl (C=O) groups excluding carboxylic acids is 1. The van der Waals surface area contributed by atoms with Gasteiger partial charge in [0, 0.05) is 6.54 Å². The van der Waals surface area contributed by atoms with Crippen LogP contribution in [-0.4, -0.2) is 41.0 Å². The van der Waals surface area contributed by atoms with Crippen LogP contribution in [0.2, 0.25) is 0 Å². The zero-order valence-corrected chi connectivity index (χ0v) is 17.4. The molecule has 3 aromatic rings. The smallest absolute Gasteiger partial charge is 0.258 e. The summed E-state index contributed by atoms with van der Waals surface area (Å²) in [4.78, 5) is 34.1. The molecule has 0 bridgehead atoms. The second-order valence-corrected chi connectivity index (χ2v) is 9.41. The normalized spacial score (nSPS) is 11.7. The minimum Gasteiger partial charge on any atom is -0.331 e. The van der Waals surface area contributed by atoms with Crippen LogP contribution in [0.1, 0.15) is 37.0 Å². The van der Waals surface area contributed by atoms with Crippen molar-refractivity contribution >= 4 is 26.6 Å². The largest absolute Gasteiger partial charge is 0.331 e. The molecule has 0 saturated heterocycles. The first-order chi connectivity index (χ1) is 13.8.